The number of rotatable bonds is 1. The highest BCUT2D eigenvalue weighted by atomic mass is 14.8. The molecule has 0 radical (unpaired) electrons. The topological polar surface area (TPSA) is 130 Å². The molecule has 0 fully saturated rings. The third-order valence-corrected chi connectivity index (χ3v) is 1.74. The zero-order chi connectivity index (χ0) is 10.0. The summed E-state index contributed by atoms with van der Waals surface area (Å²) in [4.78, 5) is 0. The molecule has 70 valence electrons. The van der Waals surface area contributed by atoms with Crippen LogP contribution in [0.3, 0.4) is 0 Å². The molecule has 13 heavy (non-hydrogen) atoms. The predicted molar refractivity (Wildman–Crippen MR) is 54.7 cm³/mol. The Bertz CT molecular complexity index is 352. The Morgan fingerprint density at radius 3 is 2.15 bits per heavy atom. The highest BCUT2D eigenvalue weighted by molar-refractivity contribution is 5.81. The zero-order valence-corrected chi connectivity index (χ0v) is 7.12. The van der Waals surface area contributed by atoms with Crippen molar-refractivity contribution in [2.24, 2.45) is 17.2 Å². The van der Waals surface area contributed by atoms with Gasteiger partial charge >= 0.3 is 0 Å². The first kappa shape index (κ1) is 9.05. The van der Waals surface area contributed by atoms with Gasteiger partial charge in [-0.15, -0.1) is 0 Å². The predicted octanol–water partition coefficient (Wildman–Crippen LogP) is -0.647. The smallest absolute Gasteiger partial charge is 0.118 e. The van der Waals surface area contributed by atoms with Crippen LogP contribution in [0.2, 0.25) is 0 Å². The van der Waals surface area contributed by atoms with Crippen LogP contribution in [-0.2, 0) is 0 Å². The second kappa shape index (κ2) is 3.14. The van der Waals surface area contributed by atoms with Crippen LogP contribution in [0.25, 0.3) is 5.70 Å². The lowest BCUT2D eigenvalue weighted by atomic mass is 10.1. The molecule has 0 aliphatic rings. The third-order valence-electron chi connectivity index (χ3n) is 1.74. The van der Waals surface area contributed by atoms with Crippen molar-refractivity contribution in [3.63, 3.8) is 0 Å². The van der Waals surface area contributed by atoms with Gasteiger partial charge in [0.1, 0.15) is 5.82 Å². The molecule has 5 heteroatoms. The summed E-state index contributed by atoms with van der Waals surface area (Å²) in [5.41, 5.74) is 29.2. The van der Waals surface area contributed by atoms with Gasteiger partial charge in [0.25, 0.3) is 0 Å². The average Bonchev–Trinajstić information content (AvgIpc) is 2.08. The van der Waals surface area contributed by atoms with Crippen molar-refractivity contribution >= 4 is 17.1 Å². The monoisotopic (exact) mass is 179 g/mol. The molecule has 0 atom stereocenters. The maximum absolute atomic E-state index is 5.67. The molecule has 0 amide bonds. The van der Waals surface area contributed by atoms with Crippen molar-refractivity contribution in [2.75, 3.05) is 11.5 Å². The maximum atomic E-state index is 5.67. The molecule has 0 saturated carbocycles. The van der Waals surface area contributed by atoms with E-state index in [-0.39, 0.29) is 11.5 Å². The molecule has 0 heterocycles. The molecule has 0 unspecified atom stereocenters. The second-order valence-corrected chi connectivity index (χ2v) is 2.68. The first-order valence-corrected chi connectivity index (χ1v) is 3.69. The molecule has 0 aliphatic heterocycles. The Labute approximate surface area is 76.2 Å². The van der Waals surface area contributed by atoms with E-state index in [1.807, 2.05) is 0 Å². The summed E-state index contributed by atoms with van der Waals surface area (Å²) >= 11 is 0. The van der Waals surface area contributed by atoms with Gasteiger partial charge < -0.3 is 28.7 Å². The van der Waals surface area contributed by atoms with Crippen molar-refractivity contribution < 1.29 is 0 Å². The highest BCUT2D eigenvalue weighted by Gasteiger charge is 2.06. The average molecular weight is 179 g/mol. The second-order valence-electron chi connectivity index (χ2n) is 2.68. The Balaban J connectivity index is 3.32. The molecule has 0 saturated heterocycles. The summed E-state index contributed by atoms with van der Waals surface area (Å²) in [5.74, 6) is 0.0392. The van der Waals surface area contributed by atoms with E-state index in [0.29, 0.717) is 16.9 Å². The van der Waals surface area contributed by atoms with Crippen LogP contribution in [0.4, 0.5) is 11.4 Å². The number of hydrogen-bond donors (Lipinski definition) is 5. The Morgan fingerprint density at radius 1 is 1.00 bits per heavy atom. The summed E-state index contributed by atoms with van der Waals surface area (Å²) in [6.45, 7) is 0. The van der Waals surface area contributed by atoms with E-state index in [4.69, 9.17) is 28.7 Å². The van der Waals surface area contributed by atoms with Crippen molar-refractivity contribution in [2.45, 2.75) is 0 Å². The molecule has 1 aromatic carbocycles. The standard InChI is InChI=1S/C8H13N5/c9-5-3-1-2-4(6(5)10)7(11)8(12)13/h1-3H,9-13H2. The fraction of sp³-hybridized carbons (Fsp3) is 0. The van der Waals surface area contributed by atoms with Crippen LogP contribution in [0.5, 0.6) is 0 Å². The molecule has 1 rings (SSSR count). The van der Waals surface area contributed by atoms with E-state index < -0.39 is 0 Å². The quantitative estimate of drug-likeness (QED) is 0.366. The normalized spacial score (nSPS) is 9.54. The van der Waals surface area contributed by atoms with E-state index in [2.05, 4.69) is 0 Å². The summed E-state index contributed by atoms with van der Waals surface area (Å²) < 4.78 is 0. The fourth-order valence-corrected chi connectivity index (χ4v) is 0.973. The van der Waals surface area contributed by atoms with Gasteiger partial charge in [0.05, 0.1) is 17.1 Å². The van der Waals surface area contributed by atoms with Gasteiger partial charge in [0.2, 0.25) is 0 Å². The minimum absolute atomic E-state index is 0.0392. The highest BCUT2D eigenvalue weighted by Crippen LogP contribution is 2.23. The van der Waals surface area contributed by atoms with Crippen molar-refractivity contribution in [1.29, 1.82) is 0 Å². The van der Waals surface area contributed by atoms with Crippen molar-refractivity contribution in [3.8, 4) is 0 Å². The van der Waals surface area contributed by atoms with Crippen LogP contribution in [-0.4, -0.2) is 0 Å². The molecular formula is C8H13N5. The summed E-state index contributed by atoms with van der Waals surface area (Å²) in [6, 6.07) is 5.12. The van der Waals surface area contributed by atoms with Crippen molar-refractivity contribution in [1.82, 2.24) is 0 Å². The zero-order valence-electron chi connectivity index (χ0n) is 7.12. The molecule has 1 aromatic rings. The lowest BCUT2D eigenvalue weighted by Crippen LogP contribution is -2.17. The molecule has 0 aromatic heterocycles. The van der Waals surface area contributed by atoms with Gasteiger partial charge in [0, 0.05) is 5.56 Å². The molecular weight excluding hydrogens is 166 g/mol. The number of para-hydroxylation sites is 1. The van der Waals surface area contributed by atoms with Gasteiger partial charge in [0.15, 0.2) is 0 Å². The first-order valence-electron chi connectivity index (χ1n) is 3.69. The Hall–Kier alpha value is -2.04. The van der Waals surface area contributed by atoms with E-state index in [1.165, 1.54) is 0 Å². The number of nitrogen functional groups attached to an aromatic ring is 2. The SMILES string of the molecule is NC(N)=C(N)c1cccc(N)c1N. The van der Waals surface area contributed by atoms with E-state index in [9.17, 15) is 0 Å². The minimum atomic E-state index is 0.0392. The van der Waals surface area contributed by atoms with E-state index in [1.54, 1.807) is 18.2 Å². The third kappa shape index (κ3) is 1.58. The van der Waals surface area contributed by atoms with Gasteiger partial charge in [-0.25, -0.2) is 0 Å². The van der Waals surface area contributed by atoms with Gasteiger partial charge in [-0.1, -0.05) is 12.1 Å². The fourth-order valence-electron chi connectivity index (χ4n) is 0.973. The number of hydrogen-bond acceptors (Lipinski definition) is 5. The summed E-state index contributed by atoms with van der Waals surface area (Å²) in [6.07, 6.45) is 0. The molecule has 10 N–H and O–H groups in total. The summed E-state index contributed by atoms with van der Waals surface area (Å²) in [5, 5.41) is 0. The Kier molecular flexibility index (Phi) is 2.19. The minimum Gasteiger partial charge on any atom is -0.397 e. The Morgan fingerprint density at radius 2 is 1.62 bits per heavy atom. The van der Waals surface area contributed by atoms with Crippen LogP contribution in [0.1, 0.15) is 5.56 Å². The first-order chi connectivity index (χ1) is 6.04. The van der Waals surface area contributed by atoms with Gasteiger partial charge in [-0.05, 0) is 6.07 Å². The lowest BCUT2D eigenvalue weighted by molar-refractivity contribution is 1.23. The largest absolute Gasteiger partial charge is 0.397 e. The lowest BCUT2D eigenvalue weighted by Gasteiger charge is -2.08. The van der Waals surface area contributed by atoms with Crippen LogP contribution >= 0.6 is 0 Å². The number of anilines is 2. The molecule has 0 spiro atoms. The number of nitrogens with two attached hydrogens (primary N) is 5. The van der Waals surface area contributed by atoms with Gasteiger partial charge in [-0.3, -0.25) is 0 Å². The molecule has 0 bridgehead atoms. The van der Waals surface area contributed by atoms with Gasteiger partial charge in [-0.2, -0.15) is 0 Å². The van der Waals surface area contributed by atoms with E-state index in [0.717, 1.165) is 0 Å². The van der Waals surface area contributed by atoms with Crippen LogP contribution in [0.15, 0.2) is 24.0 Å². The maximum Gasteiger partial charge on any atom is 0.118 e. The van der Waals surface area contributed by atoms with E-state index >= 15 is 0 Å². The van der Waals surface area contributed by atoms with Crippen molar-refractivity contribution in [3.05, 3.63) is 29.6 Å². The molecule has 0 aliphatic carbocycles. The summed E-state index contributed by atoms with van der Waals surface area (Å²) in [7, 11) is 0. The number of benzene rings is 1. The van der Waals surface area contributed by atoms with Crippen LogP contribution in [0, 0.1) is 0 Å². The molecule has 5 nitrogen and oxygen atoms in total. The van der Waals surface area contributed by atoms with Crippen LogP contribution < -0.4 is 28.7 Å².